The summed E-state index contributed by atoms with van der Waals surface area (Å²) in [6, 6.07) is 5.99. The number of pyridine rings is 2. The fourth-order valence-corrected chi connectivity index (χ4v) is 3.95. The normalized spacial score (nSPS) is 13.9. The Balaban J connectivity index is 2.16. The zero-order chi connectivity index (χ0) is 21.6. The smallest absolute Gasteiger partial charge is 0.407 e. The average molecular weight is 421 g/mol. The molecule has 29 heavy (non-hydrogen) atoms. The van der Waals surface area contributed by atoms with Crippen molar-refractivity contribution < 1.29 is 9.90 Å². The summed E-state index contributed by atoms with van der Waals surface area (Å²) in [5, 5.41) is 14.4. The van der Waals surface area contributed by atoms with Crippen molar-refractivity contribution in [1.29, 1.82) is 0 Å². The molecule has 2 rings (SSSR count). The molecule has 2 aromatic heterocycles. The fourth-order valence-electron chi connectivity index (χ4n) is 3.74. The van der Waals surface area contributed by atoms with Crippen molar-refractivity contribution >= 4 is 34.4 Å². The van der Waals surface area contributed by atoms with E-state index in [2.05, 4.69) is 43.0 Å². The molecule has 2 heterocycles. The van der Waals surface area contributed by atoms with Gasteiger partial charge in [0.15, 0.2) is 5.15 Å². The highest BCUT2D eigenvalue weighted by atomic mass is 35.5. The second-order valence-corrected chi connectivity index (χ2v) is 9.06. The third-order valence-electron chi connectivity index (χ3n) is 5.38. The van der Waals surface area contributed by atoms with Crippen molar-refractivity contribution in [2.24, 2.45) is 5.41 Å². The molecular weight excluding hydrogens is 388 g/mol. The molecule has 2 N–H and O–H groups in total. The lowest BCUT2D eigenvalue weighted by atomic mass is 9.82. The van der Waals surface area contributed by atoms with Crippen LogP contribution in [0.15, 0.2) is 24.4 Å². The van der Waals surface area contributed by atoms with Crippen LogP contribution in [0.4, 0.5) is 10.6 Å². The molecule has 0 spiro atoms. The third-order valence-corrected chi connectivity index (χ3v) is 5.66. The summed E-state index contributed by atoms with van der Waals surface area (Å²) in [4.78, 5) is 21.7. The largest absolute Gasteiger partial charge is 0.465 e. The van der Waals surface area contributed by atoms with E-state index in [-0.39, 0.29) is 17.5 Å². The standard InChI is InChI=1S/C22H33ClN4O2/c1-6-7-8-16(10-11-17(22(2,3)4)27(5)21(28)29)25-18-12-9-15-13-14-24-20(23)19(15)26-18/h9,12-14,16-17H,6-8,10-11H2,1-5H3,(H,25,26)(H,28,29). The third kappa shape index (κ3) is 6.46. The molecule has 0 aromatic carbocycles. The van der Waals surface area contributed by atoms with E-state index in [0.29, 0.717) is 10.7 Å². The summed E-state index contributed by atoms with van der Waals surface area (Å²) >= 11 is 6.20. The van der Waals surface area contributed by atoms with Gasteiger partial charge in [-0.2, -0.15) is 0 Å². The first-order chi connectivity index (χ1) is 13.6. The summed E-state index contributed by atoms with van der Waals surface area (Å²) < 4.78 is 0. The number of anilines is 1. The number of amides is 1. The van der Waals surface area contributed by atoms with Crippen LogP contribution in [-0.4, -0.2) is 45.2 Å². The Labute approximate surface area is 178 Å². The minimum Gasteiger partial charge on any atom is -0.465 e. The van der Waals surface area contributed by atoms with Crippen molar-refractivity contribution in [2.75, 3.05) is 12.4 Å². The van der Waals surface area contributed by atoms with E-state index in [1.54, 1.807) is 13.2 Å². The maximum absolute atomic E-state index is 11.5. The van der Waals surface area contributed by atoms with Crippen LogP contribution in [0.1, 0.15) is 59.8 Å². The van der Waals surface area contributed by atoms with Gasteiger partial charge in [-0.1, -0.05) is 52.1 Å². The number of rotatable bonds is 9. The molecule has 0 aliphatic rings. The molecule has 0 aliphatic carbocycles. The average Bonchev–Trinajstić information content (AvgIpc) is 2.65. The van der Waals surface area contributed by atoms with Crippen LogP contribution in [0.5, 0.6) is 0 Å². The minimum atomic E-state index is -0.888. The summed E-state index contributed by atoms with van der Waals surface area (Å²) in [7, 11) is 1.66. The lowest BCUT2D eigenvalue weighted by Gasteiger charge is -2.37. The maximum Gasteiger partial charge on any atom is 0.407 e. The first kappa shape index (κ1) is 23.2. The van der Waals surface area contributed by atoms with E-state index in [4.69, 9.17) is 11.6 Å². The summed E-state index contributed by atoms with van der Waals surface area (Å²) in [6.45, 7) is 8.44. The van der Waals surface area contributed by atoms with Crippen LogP contribution >= 0.6 is 11.6 Å². The molecule has 0 aliphatic heterocycles. The highest BCUT2D eigenvalue weighted by molar-refractivity contribution is 6.33. The van der Waals surface area contributed by atoms with Gasteiger partial charge in [0.1, 0.15) is 11.3 Å². The van der Waals surface area contributed by atoms with Gasteiger partial charge in [-0.25, -0.2) is 14.8 Å². The van der Waals surface area contributed by atoms with Gasteiger partial charge in [0.2, 0.25) is 0 Å². The van der Waals surface area contributed by atoms with Gasteiger partial charge in [0.05, 0.1) is 0 Å². The Bertz CT molecular complexity index is 822. The van der Waals surface area contributed by atoms with Crippen LogP contribution in [-0.2, 0) is 0 Å². The van der Waals surface area contributed by atoms with Crippen LogP contribution in [0.25, 0.3) is 10.9 Å². The highest BCUT2D eigenvalue weighted by Crippen LogP contribution is 2.29. The summed E-state index contributed by atoms with van der Waals surface area (Å²) in [5.74, 6) is 0.771. The molecule has 6 nitrogen and oxygen atoms in total. The number of carboxylic acid groups (broad SMARTS) is 1. The number of hydrogen-bond donors (Lipinski definition) is 2. The topological polar surface area (TPSA) is 78.4 Å². The van der Waals surface area contributed by atoms with Gasteiger partial charge in [-0.15, -0.1) is 0 Å². The predicted octanol–water partition coefficient (Wildman–Crippen LogP) is 6.06. The second-order valence-electron chi connectivity index (χ2n) is 8.71. The SMILES string of the molecule is CCCCC(CCC(N(C)C(=O)O)C(C)(C)C)Nc1ccc2ccnc(Cl)c2n1. The monoisotopic (exact) mass is 420 g/mol. The lowest BCUT2D eigenvalue weighted by molar-refractivity contribution is 0.0922. The van der Waals surface area contributed by atoms with E-state index in [0.717, 1.165) is 43.3 Å². The molecule has 0 saturated carbocycles. The van der Waals surface area contributed by atoms with Crippen molar-refractivity contribution in [2.45, 2.75) is 71.9 Å². The second kappa shape index (κ2) is 10.1. The Morgan fingerprint density at radius 2 is 1.97 bits per heavy atom. The Hall–Kier alpha value is -2.08. The van der Waals surface area contributed by atoms with Gasteiger partial charge < -0.3 is 15.3 Å². The number of hydrogen-bond acceptors (Lipinski definition) is 4. The van der Waals surface area contributed by atoms with Crippen LogP contribution in [0.3, 0.4) is 0 Å². The van der Waals surface area contributed by atoms with Gasteiger partial charge in [0.25, 0.3) is 0 Å². The Morgan fingerprint density at radius 1 is 1.24 bits per heavy atom. The number of halogens is 1. The van der Waals surface area contributed by atoms with Crippen LogP contribution in [0, 0.1) is 5.41 Å². The molecule has 1 amide bonds. The van der Waals surface area contributed by atoms with E-state index in [1.165, 1.54) is 4.90 Å². The van der Waals surface area contributed by atoms with Crippen molar-refractivity contribution in [1.82, 2.24) is 14.9 Å². The number of aromatic nitrogens is 2. The molecule has 7 heteroatoms. The highest BCUT2D eigenvalue weighted by Gasteiger charge is 2.31. The zero-order valence-electron chi connectivity index (χ0n) is 18.1. The molecule has 2 unspecified atom stereocenters. The number of nitrogens with zero attached hydrogens (tertiary/aromatic N) is 3. The summed E-state index contributed by atoms with van der Waals surface area (Å²) in [6.07, 6.45) is 5.64. The number of nitrogens with one attached hydrogen (secondary N) is 1. The van der Waals surface area contributed by atoms with E-state index in [1.807, 2.05) is 18.2 Å². The lowest BCUT2D eigenvalue weighted by Crippen LogP contribution is -2.45. The molecule has 0 bridgehead atoms. The van der Waals surface area contributed by atoms with E-state index < -0.39 is 6.09 Å². The molecule has 2 aromatic rings. The zero-order valence-corrected chi connectivity index (χ0v) is 18.8. The Morgan fingerprint density at radius 3 is 2.59 bits per heavy atom. The molecule has 0 radical (unpaired) electrons. The first-order valence-corrected chi connectivity index (χ1v) is 10.6. The molecule has 0 saturated heterocycles. The van der Waals surface area contributed by atoms with Crippen molar-refractivity contribution in [3.8, 4) is 0 Å². The number of fused-ring (bicyclic) bond motifs is 1. The molecule has 160 valence electrons. The van der Waals surface area contributed by atoms with Crippen molar-refractivity contribution in [3.05, 3.63) is 29.5 Å². The van der Waals surface area contributed by atoms with Crippen LogP contribution in [0.2, 0.25) is 5.15 Å². The van der Waals surface area contributed by atoms with Gasteiger partial charge in [-0.05, 0) is 42.9 Å². The number of carbonyl (C=O) groups is 1. The molecule has 0 fully saturated rings. The number of unbranched alkanes of at least 4 members (excludes halogenated alkanes) is 1. The maximum atomic E-state index is 11.5. The molecule has 2 atom stereocenters. The van der Waals surface area contributed by atoms with Crippen molar-refractivity contribution in [3.63, 3.8) is 0 Å². The van der Waals surface area contributed by atoms with Gasteiger partial charge in [0, 0.05) is 30.7 Å². The predicted molar refractivity (Wildman–Crippen MR) is 120 cm³/mol. The first-order valence-electron chi connectivity index (χ1n) is 10.3. The Kier molecular flexibility index (Phi) is 8.08. The minimum absolute atomic E-state index is 0.0610. The summed E-state index contributed by atoms with van der Waals surface area (Å²) in [5.41, 5.74) is 0.551. The van der Waals surface area contributed by atoms with Gasteiger partial charge in [-0.3, -0.25) is 0 Å². The van der Waals surface area contributed by atoms with E-state index in [9.17, 15) is 9.90 Å². The molecular formula is C22H33ClN4O2. The van der Waals surface area contributed by atoms with E-state index >= 15 is 0 Å². The van der Waals surface area contributed by atoms with Gasteiger partial charge >= 0.3 is 6.09 Å². The fraction of sp³-hybridized carbons (Fsp3) is 0.591. The van der Waals surface area contributed by atoms with Crippen LogP contribution < -0.4 is 5.32 Å². The quantitative estimate of drug-likeness (QED) is 0.482.